The van der Waals surface area contributed by atoms with Crippen LogP contribution in [-0.4, -0.2) is 23.9 Å². The summed E-state index contributed by atoms with van der Waals surface area (Å²) in [5.74, 6) is 0.607. The van der Waals surface area contributed by atoms with E-state index in [0.717, 1.165) is 22.1 Å². The number of hydrogen-bond donors (Lipinski definition) is 0. The van der Waals surface area contributed by atoms with Crippen LogP contribution in [0.2, 0.25) is 0 Å². The first-order valence-corrected chi connectivity index (χ1v) is 9.35. The third-order valence-electron chi connectivity index (χ3n) is 4.84. The van der Waals surface area contributed by atoms with E-state index in [9.17, 15) is 9.59 Å². The molecule has 7 nitrogen and oxygen atoms in total. The minimum absolute atomic E-state index is 0.241. The molecular formula is C17H21N5O2S. The summed E-state index contributed by atoms with van der Waals surface area (Å²) in [6.07, 6.45) is 4.63. The van der Waals surface area contributed by atoms with Crippen LogP contribution in [0.25, 0.3) is 11.0 Å². The van der Waals surface area contributed by atoms with Crippen LogP contribution in [0, 0.1) is 19.8 Å². The second kappa shape index (κ2) is 5.94. The molecule has 25 heavy (non-hydrogen) atoms. The fourth-order valence-corrected chi connectivity index (χ4v) is 4.16. The number of aromatic nitrogens is 5. The average Bonchev–Trinajstić information content (AvgIpc) is 3.18. The number of hydrogen-bond acceptors (Lipinski definition) is 5. The Balaban J connectivity index is 1.76. The molecule has 0 aliphatic heterocycles. The van der Waals surface area contributed by atoms with Crippen molar-refractivity contribution < 1.29 is 0 Å². The number of fused-ring (bicyclic) bond motifs is 1. The summed E-state index contributed by atoms with van der Waals surface area (Å²) < 4.78 is 4.63. The van der Waals surface area contributed by atoms with Gasteiger partial charge in [0.05, 0.1) is 22.4 Å². The highest BCUT2D eigenvalue weighted by atomic mass is 32.1. The highest BCUT2D eigenvalue weighted by Gasteiger charge is 2.24. The van der Waals surface area contributed by atoms with E-state index in [1.807, 2.05) is 13.8 Å². The van der Waals surface area contributed by atoms with E-state index in [4.69, 9.17) is 0 Å². The quantitative estimate of drug-likeness (QED) is 0.694. The zero-order chi connectivity index (χ0) is 17.7. The standard InChI is InChI=1S/C17H21N5O2S/c1-10-14(25-11(2)19-10)6-7-21-16(23)15-13(20(3)17(21)24)8-18-22(15)9-12-4-5-12/h8,12H,4-7,9H2,1-3H3. The molecule has 132 valence electrons. The molecular weight excluding hydrogens is 338 g/mol. The summed E-state index contributed by atoms with van der Waals surface area (Å²) in [7, 11) is 1.70. The van der Waals surface area contributed by atoms with Crippen LogP contribution in [0.15, 0.2) is 15.8 Å². The summed E-state index contributed by atoms with van der Waals surface area (Å²) in [5, 5.41) is 5.36. The number of nitrogens with zero attached hydrogens (tertiary/aromatic N) is 5. The maximum Gasteiger partial charge on any atom is 0.331 e. The van der Waals surface area contributed by atoms with E-state index in [1.165, 1.54) is 22.0 Å². The fourth-order valence-electron chi connectivity index (χ4n) is 3.24. The lowest BCUT2D eigenvalue weighted by Gasteiger charge is -2.09. The van der Waals surface area contributed by atoms with Crippen molar-refractivity contribution in [3.63, 3.8) is 0 Å². The maximum absolute atomic E-state index is 13.0. The van der Waals surface area contributed by atoms with Crippen LogP contribution in [0.5, 0.6) is 0 Å². The predicted octanol–water partition coefficient (Wildman–Crippen LogP) is 1.62. The zero-order valence-electron chi connectivity index (χ0n) is 14.7. The molecule has 1 fully saturated rings. The molecule has 1 aliphatic carbocycles. The number of aryl methyl sites for hydroxylation is 4. The van der Waals surface area contributed by atoms with Crippen molar-refractivity contribution in [2.75, 3.05) is 0 Å². The normalized spacial score (nSPS) is 14.5. The number of thiazole rings is 1. The van der Waals surface area contributed by atoms with Crippen molar-refractivity contribution in [3.05, 3.63) is 42.6 Å². The van der Waals surface area contributed by atoms with Gasteiger partial charge in [0.2, 0.25) is 0 Å². The molecule has 0 bridgehead atoms. The van der Waals surface area contributed by atoms with Crippen LogP contribution in [0.3, 0.4) is 0 Å². The Bertz CT molecular complexity index is 1070. The molecule has 1 saturated carbocycles. The van der Waals surface area contributed by atoms with Crippen LogP contribution >= 0.6 is 11.3 Å². The Kier molecular flexibility index (Phi) is 3.87. The first-order valence-electron chi connectivity index (χ1n) is 8.54. The molecule has 3 aromatic rings. The van der Waals surface area contributed by atoms with Gasteiger partial charge in [-0.2, -0.15) is 5.10 Å². The molecule has 4 rings (SSSR count). The van der Waals surface area contributed by atoms with Crippen molar-refractivity contribution in [2.45, 2.75) is 46.2 Å². The highest BCUT2D eigenvalue weighted by Crippen LogP contribution is 2.30. The fraction of sp³-hybridized carbons (Fsp3) is 0.529. The lowest BCUT2D eigenvalue weighted by Crippen LogP contribution is -2.40. The van der Waals surface area contributed by atoms with Crippen LogP contribution in [0.1, 0.15) is 28.4 Å². The molecule has 0 radical (unpaired) electrons. The second-order valence-electron chi connectivity index (χ2n) is 6.79. The molecule has 0 spiro atoms. The van der Waals surface area contributed by atoms with Gasteiger partial charge in [-0.05, 0) is 32.6 Å². The zero-order valence-corrected chi connectivity index (χ0v) is 15.5. The van der Waals surface area contributed by atoms with Gasteiger partial charge in [0.15, 0.2) is 5.52 Å². The summed E-state index contributed by atoms with van der Waals surface area (Å²) >= 11 is 1.62. The van der Waals surface area contributed by atoms with E-state index < -0.39 is 0 Å². The van der Waals surface area contributed by atoms with Gasteiger partial charge in [0.25, 0.3) is 5.56 Å². The lowest BCUT2D eigenvalue weighted by molar-refractivity contribution is 0.566. The van der Waals surface area contributed by atoms with Gasteiger partial charge in [-0.3, -0.25) is 18.6 Å². The Morgan fingerprint density at radius 3 is 2.68 bits per heavy atom. The topological polar surface area (TPSA) is 74.7 Å². The SMILES string of the molecule is Cc1nc(C)c(CCn2c(=O)c3c(cnn3CC3CC3)n(C)c2=O)s1. The maximum atomic E-state index is 13.0. The van der Waals surface area contributed by atoms with E-state index >= 15 is 0 Å². The van der Waals surface area contributed by atoms with Gasteiger partial charge in [-0.15, -0.1) is 11.3 Å². The Morgan fingerprint density at radius 1 is 1.28 bits per heavy atom. The van der Waals surface area contributed by atoms with Gasteiger partial charge in [-0.25, -0.2) is 9.78 Å². The molecule has 1 aliphatic rings. The van der Waals surface area contributed by atoms with E-state index in [2.05, 4.69) is 10.1 Å². The largest absolute Gasteiger partial charge is 0.331 e. The molecule has 0 atom stereocenters. The Morgan fingerprint density at radius 2 is 2.04 bits per heavy atom. The molecule has 3 heterocycles. The van der Waals surface area contributed by atoms with Crippen molar-refractivity contribution >= 4 is 22.4 Å². The number of rotatable bonds is 5. The van der Waals surface area contributed by atoms with E-state index in [0.29, 0.717) is 29.9 Å². The van der Waals surface area contributed by atoms with E-state index in [-0.39, 0.29) is 11.2 Å². The van der Waals surface area contributed by atoms with Crippen molar-refractivity contribution in [1.29, 1.82) is 0 Å². The molecule has 0 saturated heterocycles. The summed E-state index contributed by atoms with van der Waals surface area (Å²) in [5.41, 5.74) is 1.59. The average molecular weight is 359 g/mol. The van der Waals surface area contributed by atoms with E-state index in [1.54, 1.807) is 29.3 Å². The lowest BCUT2D eigenvalue weighted by atomic mass is 10.3. The van der Waals surface area contributed by atoms with Crippen molar-refractivity contribution in [1.82, 2.24) is 23.9 Å². The third kappa shape index (κ3) is 2.84. The Hall–Kier alpha value is -2.22. The van der Waals surface area contributed by atoms with Crippen LogP contribution in [-0.2, 0) is 26.6 Å². The first-order chi connectivity index (χ1) is 12.0. The summed E-state index contributed by atoms with van der Waals surface area (Å²) in [6.45, 7) is 5.05. The molecule has 0 aromatic carbocycles. The first kappa shape index (κ1) is 16.3. The van der Waals surface area contributed by atoms with Crippen molar-refractivity contribution in [2.24, 2.45) is 13.0 Å². The minimum Gasteiger partial charge on any atom is -0.293 e. The van der Waals surface area contributed by atoms with Gasteiger partial charge in [0.1, 0.15) is 0 Å². The molecule has 3 aromatic heterocycles. The molecule has 0 unspecified atom stereocenters. The van der Waals surface area contributed by atoms with Gasteiger partial charge in [-0.1, -0.05) is 0 Å². The van der Waals surface area contributed by atoms with Gasteiger partial charge in [0, 0.05) is 31.4 Å². The molecule has 8 heteroatoms. The van der Waals surface area contributed by atoms with Crippen molar-refractivity contribution in [3.8, 4) is 0 Å². The highest BCUT2D eigenvalue weighted by molar-refractivity contribution is 7.11. The third-order valence-corrected chi connectivity index (χ3v) is 5.97. The monoisotopic (exact) mass is 359 g/mol. The van der Waals surface area contributed by atoms with Crippen LogP contribution in [0.4, 0.5) is 0 Å². The van der Waals surface area contributed by atoms with Gasteiger partial charge < -0.3 is 0 Å². The minimum atomic E-state index is -0.289. The predicted molar refractivity (Wildman–Crippen MR) is 97.3 cm³/mol. The summed E-state index contributed by atoms with van der Waals surface area (Å²) in [6, 6.07) is 0. The smallest absolute Gasteiger partial charge is 0.293 e. The molecule has 0 amide bonds. The second-order valence-corrected chi connectivity index (χ2v) is 8.08. The molecule has 0 N–H and O–H groups in total. The van der Waals surface area contributed by atoms with Crippen LogP contribution < -0.4 is 11.2 Å². The Labute approximate surface area is 148 Å². The van der Waals surface area contributed by atoms with Gasteiger partial charge >= 0.3 is 5.69 Å². The summed E-state index contributed by atoms with van der Waals surface area (Å²) in [4.78, 5) is 31.1.